The largest absolute Gasteiger partial charge is 0.352 e. The van der Waals surface area contributed by atoms with Gasteiger partial charge in [-0.2, -0.15) is 0 Å². The second-order valence-corrected chi connectivity index (χ2v) is 9.02. The molecule has 2 rings (SSSR count). The Morgan fingerprint density at radius 3 is 2.31 bits per heavy atom. The molecule has 2 aromatic rings. The molecule has 2 amide bonds. The fourth-order valence-electron chi connectivity index (χ4n) is 2.73. The maximum atomic E-state index is 13.0. The molecule has 0 bridgehead atoms. The molecule has 156 valence electrons. The average molecular weight is 453 g/mol. The van der Waals surface area contributed by atoms with Gasteiger partial charge >= 0.3 is 0 Å². The van der Waals surface area contributed by atoms with Gasteiger partial charge in [0.15, 0.2) is 0 Å². The maximum absolute atomic E-state index is 13.0. The molecule has 29 heavy (non-hydrogen) atoms. The highest BCUT2D eigenvalue weighted by Gasteiger charge is 2.26. The van der Waals surface area contributed by atoms with Gasteiger partial charge < -0.3 is 10.2 Å². The van der Waals surface area contributed by atoms with Crippen molar-refractivity contribution in [1.82, 2.24) is 10.2 Å². The van der Waals surface area contributed by atoms with Crippen LogP contribution < -0.4 is 5.32 Å². The zero-order valence-electron chi connectivity index (χ0n) is 16.8. The average Bonchev–Trinajstić information content (AvgIpc) is 2.67. The first kappa shape index (κ1) is 23.6. The van der Waals surface area contributed by atoms with Crippen molar-refractivity contribution in [2.45, 2.75) is 50.7 Å². The summed E-state index contributed by atoms with van der Waals surface area (Å²) in [5, 5.41) is 4.14. The summed E-state index contributed by atoms with van der Waals surface area (Å²) in [6, 6.07) is 14.3. The Bertz CT molecular complexity index is 828. The molecule has 0 aliphatic heterocycles. The summed E-state index contributed by atoms with van der Waals surface area (Å²) in [6.45, 7) is 5.83. The summed E-state index contributed by atoms with van der Waals surface area (Å²) < 4.78 is 0. The first-order chi connectivity index (χ1) is 13.8. The van der Waals surface area contributed by atoms with Crippen molar-refractivity contribution in [1.29, 1.82) is 0 Å². The van der Waals surface area contributed by atoms with Gasteiger partial charge in [0.05, 0.1) is 0 Å². The van der Waals surface area contributed by atoms with E-state index in [1.54, 1.807) is 29.7 Å². The minimum absolute atomic E-state index is 0.00248. The van der Waals surface area contributed by atoms with Crippen LogP contribution in [0.25, 0.3) is 0 Å². The highest BCUT2D eigenvalue weighted by Crippen LogP contribution is 2.23. The van der Waals surface area contributed by atoms with E-state index in [4.69, 9.17) is 23.2 Å². The van der Waals surface area contributed by atoms with Crippen LogP contribution in [0.15, 0.2) is 53.4 Å². The number of hydrogen-bond acceptors (Lipinski definition) is 3. The predicted molar refractivity (Wildman–Crippen MR) is 122 cm³/mol. The summed E-state index contributed by atoms with van der Waals surface area (Å²) in [5.41, 5.74) is 0.817. The van der Waals surface area contributed by atoms with Gasteiger partial charge in [0.2, 0.25) is 11.8 Å². The molecular formula is C22H26Cl2N2O2S. The van der Waals surface area contributed by atoms with Crippen molar-refractivity contribution in [2.75, 3.05) is 5.75 Å². The number of hydrogen-bond donors (Lipinski definition) is 1. The Hall–Kier alpha value is -1.69. The highest BCUT2D eigenvalue weighted by molar-refractivity contribution is 7.99. The van der Waals surface area contributed by atoms with Gasteiger partial charge in [-0.3, -0.25) is 9.59 Å². The van der Waals surface area contributed by atoms with Crippen molar-refractivity contribution in [3.63, 3.8) is 0 Å². The van der Waals surface area contributed by atoms with Gasteiger partial charge in [-0.25, -0.2) is 0 Å². The monoisotopic (exact) mass is 452 g/mol. The number of benzene rings is 2. The van der Waals surface area contributed by atoms with Crippen molar-refractivity contribution in [3.05, 3.63) is 64.1 Å². The SMILES string of the molecule is CC(C)NC(=O)C(C)N(Cc1ccccc1Cl)C(=O)CCSc1ccc(Cl)cc1. The van der Waals surface area contributed by atoms with Crippen LogP contribution in [0.4, 0.5) is 0 Å². The molecule has 0 saturated carbocycles. The molecule has 0 aliphatic carbocycles. The fourth-order valence-corrected chi connectivity index (χ4v) is 3.89. The third-order valence-corrected chi connectivity index (χ3v) is 5.93. The smallest absolute Gasteiger partial charge is 0.242 e. The molecule has 0 fully saturated rings. The van der Waals surface area contributed by atoms with Gasteiger partial charge in [0, 0.05) is 39.7 Å². The van der Waals surface area contributed by atoms with E-state index in [0.717, 1.165) is 10.5 Å². The molecule has 1 N–H and O–H groups in total. The lowest BCUT2D eigenvalue weighted by Gasteiger charge is -2.29. The Kier molecular flexibility index (Phi) is 9.34. The van der Waals surface area contributed by atoms with E-state index in [9.17, 15) is 9.59 Å². The number of halogens is 2. The van der Waals surface area contributed by atoms with Crippen LogP contribution in [-0.2, 0) is 16.1 Å². The van der Waals surface area contributed by atoms with Crippen LogP contribution >= 0.6 is 35.0 Å². The third-order valence-electron chi connectivity index (χ3n) is 4.30. The van der Waals surface area contributed by atoms with E-state index in [1.165, 1.54) is 0 Å². The standard InChI is InChI=1S/C22H26Cl2N2O2S/c1-15(2)25-22(28)16(3)26(14-17-6-4-5-7-20(17)24)21(27)12-13-29-19-10-8-18(23)9-11-19/h4-11,15-16H,12-14H2,1-3H3,(H,25,28). The van der Waals surface area contributed by atoms with Crippen LogP contribution in [0.1, 0.15) is 32.8 Å². The molecule has 0 aliphatic rings. The van der Waals surface area contributed by atoms with E-state index in [1.807, 2.05) is 56.3 Å². The van der Waals surface area contributed by atoms with E-state index < -0.39 is 6.04 Å². The van der Waals surface area contributed by atoms with Crippen LogP contribution in [0.5, 0.6) is 0 Å². The van der Waals surface area contributed by atoms with E-state index in [2.05, 4.69) is 5.32 Å². The van der Waals surface area contributed by atoms with E-state index in [-0.39, 0.29) is 24.4 Å². The van der Waals surface area contributed by atoms with E-state index >= 15 is 0 Å². The first-order valence-electron chi connectivity index (χ1n) is 9.49. The van der Waals surface area contributed by atoms with E-state index in [0.29, 0.717) is 22.2 Å². The number of nitrogens with one attached hydrogen (secondary N) is 1. The molecule has 0 heterocycles. The molecule has 0 spiro atoms. The predicted octanol–water partition coefficient (Wildman–Crippen LogP) is 5.42. The summed E-state index contributed by atoms with van der Waals surface area (Å²) in [5.74, 6) is 0.349. The van der Waals surface area contributed by atoms with Crippen LogP contribution in [0.3, 0.4) is 0 Å². The summed E-state index contributed by atoms with van der Waals surface area (Å²) in [7, 11) is 0. The first-order valence-corrected chi connectivity index (χ1v) is 11.2. The molecule has 0 saturated heterocycles. The second-order valence-electron chi connectivity index (χ2n) is 7.00. The molecule has 7 heteroatoms. The summed E-state index contributed by atoms with van der Waals surface area (Å²) in [6.07, 6.45) is 0.317. The minimum atomic E-state index is -0.596. The third kappa shape index (κ3) is 7.57. The van der Waals surface area contributed by atoms with Crippen LogP contribution in [0.2, 0.25) is 10.0 Å². The summed E-state index contributed by atoms with van der Waals surface area (Å²) >= 11 is 13.8. The van der Waals surface area contributed by atoms with Crippen molar-refractivity contribution in [2.24, 2.45) is 0 Å². The lowest BCUT2D eigenvalue weighted by Crippen LogP contribution is -2.49. The Labute approximate surface area is 187 Å². The number of carbonyl (C=O) groups is 2. The Morgan fingerprint density at radius 1 is 1.03 bits per heavy atom. The normalized spacial score (nSPS) is 11.9. The second kappa shape index (κ2) is 11.5. The zero-order valence-corrected chi connectivity index (χ0v) is 19.2. The Balaban J connectivity index is 2.07. The zero-order chi connectivity index (χ0) is 21.4. The molecule has 1 unspecified atom stereocenters. The topological polar surface area (TPSA) is 49.4 Å². The molecule has 1 atom stereocenters. The number of nitrogens with zero attached hydrogens (tertiary/aromatic N) is 1. The van der Waals surface area contributed by atoms with Crippen molar-refractivity contribution < 1.29 is 9.59 Å². The highest BCUT2D eigenvalue weighted by atomic mass is 35.5. The number of thioether (sulfide) groups is 1. The van der Waals surface area contributed by atoms with Gasteiger partial charge in [0.25, 0.3) is 0 Å². The molecular weight excluding hydrogens is 427 g/mol. The summed E-state index contributed by atoms with van der Waals surface area (Å²) in [4.78, 5) is 28.2. The number of carbonyl (C=O) groups excluding carboxylic acids is 2. The van der Waals surface area contributed by atoms with Gasteiger partial charge in [-0.05, 0) is 56.7 Å². The van der Waals surface area contributed by atoms with Gasteiger partial charge in [-0.15, -0.1) is 11.8 Å². The number of amides is 2. The molecule has 0 aromatic heterocycles. The van der Waals surface area contributed by atoms with Crippen molar-refractivity contribution in [3.8, 4) is 0 Å². The quantitative estimate of drug-likeness (QED) is 0.516. The lowest BCUT2D eigenvalue weighted by atomic mass is 10.1. The van der Waals surface area contributed by atoms with Crippen LogP contribution in [-0.4, -0.2) is 34.6 Å². The molecule has 2 aromatic carbocycles. The minimum Gasteiger partial charge on any atom is -0.352 e. The molecule has 4 nitrogen and oxygen atoms in total. The van der Waals surface area contributed by atoms with Crippen LogP contribution in [0, 0.1) is 0 Å². The number of rotatable bonds is 9. The van der Waals surface area contributed by atoms with Crippen molar-refractivity contribution >= 4 is 46.8 Å². The maximum Gasteiger partial charge on any atom is 0.242 e. The van der Waals surface area contributed by atoms with Gasteiger partial charge in [0.1, 0.15) is 6.04 Å². The Morgan fingerprint density at radius 2 is 1.69 bits per heavy atom. The lowest BCUT2D eigenvalue weighted by molar-refractivity contribution is -0.140. The fraction of sp³-hybridized carbons (Fsp3) is 0.364. The molecule has 0 radical (unpaired) electrons. The van der Waals surface area contributed by atoms with Gasteiger partial charge in [-0.1, -0.05) is 41.4 Å².